The maximum absolute atomic E-state index is 6.01. The molecule has 144 valence electrons. The molecular weight excluding hydrogens is 348 g/mol. The van der Waals surface area contributed by atoms with Crippen molar-refractivity contribution in [3.63, 3.8) is 0 Å². The Bertz CT molecular complexity index is 736. The summed E-state index contributed by atoms with van der Waals surface area (Å²) in [4.78, 5) is 6.00. The Morgan fingerprint density at radius 3 is 2.63 bits per heavy atom. The van der Waals surface area contributed by atoms with E-state index >= 15 is 0 Å². The molecule has 5 aliphatic rings. The zero-order valence-corrected chi connectivity index (χ0v) is 17.1. The molecule has 5 aliphatic carbocycles. The van der Waals surface area contributed by atoms with Gasteiger partial charge in [-0.2, -0.15) is 0 Å². The average molecular weight is 381 g/mol. The van der Waals surface area contributed by atoms with Crippen molar-refractivity contribution in [2.75, 3.05) is 6.54 Å². The minimum Gasteiger partial charge on any atom is -0.330 e. The number of aliphatic imine (C=N–C) groups is 1. The van der Waals surface area contributed by atoms with Crippen LogP contribution in [0.25, 0.3) is 0 Å². The molecule has 6 rings (SSSR count). The summed E-state index contributed by atoms with van der Waals surface area (Å²) in [5.41, 5.74) is 7.96. The van der Waals surface area contributed by atoms with Gasteiger partial charge in [0.2, 0.25) is 0 Å². The van der Waals surface area contributed by atoms with Crippen molar-refractivity contribution in [1.29, 1.82) is 0 Å². The molecule has 0 aliphatic heterocycles. The van der Waals surface area contributed by atoms with Crippen LogP contribution >= 0.6 is 12.2 Å². The maximum atomic E-state index is 6.01. The van der Waals surface area contributed by atoms with E-state index in [1.54, 1.807) is 5.56 Å². The molecule has 5 saturated carbocycles. The molecule has 0 saturated heterocycles. The van der Waals surface area contributed by atoms with Crippen LogP contribution < -0.4 is 5.73 Å². The highest BCUT2D eigenvalue weighted by molar-refractivity contribution is 7.80. The van der Waals surface area contributed by atoms with Gasteiger partial charge in [0.05, 0.1) is 0 Å². The molecule has 0 heterocycles. The molecule has 4 bridgehead atoms. The van der Waals surface area contributed by atoms with Gasteiger partial charge in [0.25, 0.3) is 0 Å². The first-order valence-corrected chi connectivity index (χ1v) is 11.4. The molecule has 4 atom stereocenters. The second kappa shape index (κ2) is 6.77. The first-order valence-electron chi connectivity index (χ1n) is 11.0. The molecule has 1 aromatic rings. The Hall–Kier alpha value is -1.06. The Balaban J connectivity index is 1.33. The van der Waals surface area contributed by atoms with Gasteiger partial charge in [-0.15, -0.1) is 0 Å². The van der Waals surface area contributed by atoms with E-state index in [1.807, 2.05) is 0 Å². The number of hydrogen-bond donors (Lipinski definition) is 1. The third-order valence-corrected chi connectivity index (χ3v) is 8.97. The first kappa shape index (κ1) is 18.0. The van der Waals surface area contributed by atoms with Crippen LogP contribution in [0.5, 0.6) is 0 Å². The summed E-state index contributed by atoms with van der Waals surface area (Å²) in [5, 5.41) is 0. The summed E-state index contributed by atoms with van der Waals surface area (Å²) in [6, 6.07) is 11.3. The number of hydrogen-bond acceptors (Lipinski definition) is 2. The number of benzene rings is 1. The standard InChI is InChI=1S/C24H32N2S/c25-14-17-6-8-18(9-7-17)15-26-22(27)24-12-19-10-21(24)13-23(11-19,16-24)20-4-2-1-3-5-20/h1-5,15,17-19,21H,6-14,16,25H2/t17?,18?,19?,21-,23?,24?/m1/s1. The summed E-state index contributed by atoms with van der Waals surface area (Å²) in [7, 11) is 0. The van der Waals surface area contributed by atoms with Gasteiger partial charge in [0.1, 0.15) is 4.99 Å². The highest BCUT2D eigenvalue weighted by Gasteiger charge is 2.65. The average Bonchev–Trinajstić information content (AvgIpc) is 3.11. The molecule has 0 amide bonds. The van der Waals surface area contributed by atoms with Crippen LogP contribution in [0.15, 0.2) is 35.3 Å². The molecule has 0 aromatic heterocycles. The molecule has 1 aromatic carbocycles. The Morgan fingerprint density at radius 2 is 1.89 bits per heavy atom. The fraction of sp³-hybridized carbons (Fsp3) is 0.667. The Kier molecular flexibility index (Phi) is 4.52. The topological polar surface area (TPSA) is 38.4 Å². The van der Waals surface area contributed by atoms with Gasteiger partial charge in [0, 0.05) is 11.6 Å². The lowest BCUT2D eigenvalue weighted by Crippen LogP contribution is -2.36. The van der Waals surface area contributed by atoms with Crippen LogP contribution in [-0.2, 0) is 5.41 Å². The maximum Gasteiger partial charge on any atom is 0.109 e. The predicted molar refractivity (Wildman–Crippen MR) is 116 cm³/mol. The molecule has 0 radical (unpaired) electrons. The largest absolute Gasteiger partial charge is 0.330 e. The van der Waals surface area contributed by atoms with Crippen molar-refractivity contribution in [3.05, 3.63) is 35.9 Å². The monoisotopic (exact) mass is 380 g/mol. The third kappa shape index (κ3) is 2.93. The van der Waals surface area contributed by atoms with Crippen LogP contribution in [0.3, 0.4) is 0 Å². The van der Waals surface area contributed by atoms with E-state index in [4.69, 9.17) is 22.9 Å². The molecule has 3 heteroatoms. The molecular formula is C24H32N2S. The number of thiocarbonyl (C=S) groups is 1. The van der Waals surface area contributed by atoms with Crippen LogP contribution in [0.2, 0.25) is 0 Å². The van der Waals surface area contributed by atoms with Gasteiger partial charge in [-0.25, -0.2) is 0 Å². The second-order valence-electron chi connectivity index (χ2n) is 9.99. The SMILES string of the molecule is NCC1CCC(C=NC(=S)C23CC4C[C@@H]2CC(c2ccccc2)(C4)C3)CC1. The van der Waals surface area contributed by atoms with E-state index in [0.29, 0.717) is 11.3 Å². The first-order chi connectivity index (χ1) is 13.1. The van der Waals surface area contributed by atoms with Gasteiger partial charge >= 0.3 is 0 Å². The van der Waals surface area contributed by atoms with Gasteiger partial charge in [-0.05, 0) is 99.0 Å². The molecule has 0 spiro atoms. The molecule has 27 heavy (non-hydrogen) atoms. The van der Waals surface area contributed by atoms with Crippen molar-refractivity contribution in [1.82, 2.24) is 0 Å². The van der Waals surface area contributed by atoms with E-state index in [9.17, 15) is 0 Å². The van der Waals surface area contributed by atoms with Gasteiger partial charge < -0.3 is 5.73 Å². The van der Waals surface area contributed by atoms with Gasteiger partial charge in [-0.3, -0.25) is 4.99 Å². The summed E-state index contributed by atoms with van der Waals surface area (Å²) < 4.78 is 0. The fourth-order valence-electron chi connectivity index (χ4n) is 7.24. The summed E-state index contributed by atoms with van der Waals surface area (Å²) >= 11 is 6.01. The van der Waals surface area contributed by atoms with Crippen molar-refractivity contribution in [2.45, 2.75) is 63.2 Å². The third-order valence-electron chi connectivity index (χ3n) is 8.46. The minimum absolute atomic E-state index is 0.207. The Morgan fingerprint density at radius 1 is 1.11 bits per heavy atom. The van der Waals surface area contributed by atoms with Crippen molar-refractivity contribution in [3.8, 4) is 0 Å². The van der Waals surface area contributed by atoms with Crippen molar-refractivity contribution >= 4 is 23.4 Å². The summed E-state index contributed by atoms with van der Waals surface area (Å²) in [6.07, 6.45) is 13.8. The number of rotatable bonds is 4. The van der Waals surface area contributed by atoms with Crippen LogP contribution in [-0.4, -0.2) is 17.7 Å². The Labute approximate surface area is 169 Å². The highest BCUT2D eigenvalue weighted by atomic mass is 32.1. The summed E-state index contributed by atoms with van der Waals surface area (Å²) in [5.74, 6) is 2.95. The van der Waals surface area contributed by atoms with E-state index in [1.165, 1.54) is 57.8 Å². The van der Waals surface area contributed by atoms with Crippen molar-refractivity contribution in [2.24, 2.45) is 39.8 Å². The van der Waals surface area contributed by atoms with E-state index in [-0.39, 0.29) is 5.41 Å². The van der Waals surface area contributed by atoms with Gasteiger partial charge in [0.15, 0.2) is 0 Å². The van der Waals surface area contributed by atoms with Gasteiger partial charge in [-0.1, -0.05) is 42.5 Å². The van der Waals surface area contributed by atoms with Crippen molar-refractivity contribution < 1.29 is 0 Å². The molecule has 2 nitrogen and oxygen atoms in total. The zero-order chi connectivity index (χ0) is 18.5. The second-order valence-corrected chi connectivity index (χ2v) is 10.4. The molecule has 2 N–H and O–H groups in total. The van der Waals surface area contributed by atoms with Crippen LogP contribution in [0, 0.1) is 29.1 Å². The molecule has 3 unspecified atom stereocenters. The van der Waals surface area contributed by atoms with Crippen LogP contribution in [0.4, 0.5) is 0 Å². The van der Waals surface area contributed by atoms with E-state index in [2.05, 4.69) is 36.5 Å². The smallest absolute Gasteiger partial charge is 0.109 e. The lowest BCUT2D eigenvalue weighted by Gasteiger charge is -2.41. The normalized spacial score (nSPS) is 42.9. The lowest BCUT2D eigenvalue weighted by molar-refractivity contribution is 0.218. The molecule has 5 fully saturated rings. The summed E-state index contributed by atoms with van der Waals surface area (Å²) in [6.45, 7) is 0.843. The fourth-order valence-corrected chi connectivity index (χ4v) is 7.62. The minimum atomic E-state index is 0.207. The lowest BCUT2D eigenvalue weighted by atomic mass is 9.64. The zero-order valence-electron chi connectivity index (χ0n) is 16.3. The quantitative estimate of drug-likeness (QED) is 0.569. The number of nitrogens with zero attached hydrogens (tertiary/aromatic N) is 1. The van der Waals surface area contributed by atoms with Crippen LogP contribution in [0.1, 0.15) is 63.4 Å². The highest BCUT2D eigenvalue weighted by Crippen LogP contribution is 2.71. The van der Waals surface area contributed by atoms with E-state index < -0.39 is 0 Å². The predicted octanol–water partition coefficient (Wildman–Crippen LogP) is 5.30. The number of nitrogens with two attached hydrogens (primary N) is 1. The van der Waals surface area contributed by atoms with E-state index in [0.717, 1.165) is 29.3 Å².